The van der Waals surface area contributed by atoms with Crippen molar-refractivity contribution in [3.8, 4) is 0 Å². The summed E-state index contributed by atoms with van der Waals surface area (Å²) in [7, 11) is -3.64. The van der Waals surface area contributed by atoms with E-state index in [1.807, 2.05) is 31.2 Å². The van der Waals surface area contributed by atoms with E-state index in [1.165, 1.54) is 6.07 Å². The fourth-order valence-corrected chi connectivity index (χ4v) is 3.74. The molecule has 20 heavy (non-hydrogen) atoms. The van der Waals surface area contributed by atoms with Crippen molar-refractivity contribution >= 4 is 26.0 Å². The zero-order valence-corrected chi connectivity index (χ0v) is 13.3. The summed E-state index contributed by atoms with van der Waals surface area (Å²) in [5.74, 6) is 0.410. The van der Waals surface area contributed by atoms with Gasteiger partial charge in [-0.25, -0.2) is 13.1 Å². The summed E-state index contributed by atoms with van der Waals surface area (Å²) in [5.41, 5.74) is 7.39. The Hall–Kier alpha value is -1.15. The van der Waals surface area contributed by atoms with Crippen LogP contribution in [0.3, 0.4) is 0 Å². The first-order valence-corrected chi connectivity index (χ1v) is 8.24. The van der Waals surface area contributed by atoms with Crippen molar-refractivity contribution in [1.29, 1.82) is 0 Å². The van der Waals surface area contributed by atoms with Gasteiger partial charge in [-0.1, -0.05) is 24.3 Å². The smallest absolute Gasteiger partial charge is 0.245 e. The predicted molar refractivity (Wildman–Crippen MR) is 79.5 cm³/mol. The first-order valence-electron chi connectivity index (χ1n) is 5.96. The summed E-state index contributed by atoms with van der Waals surface area (Å²) < 4.78 is 32.4. The van der Waals surface area contributed by atoms with Gasteiger partial charge in [0.15, 0.2) is 4.67 Å². The Balaban J connectivity index is 2.19. The lowest BCUT2D eigenvalue weighted by molar-refractivity contribution is 0.483. The summed E-state index contributed by atoms with van der Waals surface area (Å²) in [6.45, 7) is 2.31. The van der Waals surface area contributed by atoms with E-state index in [1.54, 1.807) is 0 Å². The molecule has 1 heterocycles. The van der Waals surface area contributed by atoms with Crippen LogP contribution in [0.15, 0.2) is 44.3 Å². The normalized spacial score (nSPS) is 11.8. The summed E-state index contributed by atoms with van der Waals surface area (Å²) in [4.78, 5) is 0.0616. The quantitative estimate of drug-likeness (QED) is 0.858. The average molecular weight is 359 g/mol. The Bertz CT molecular complexity index is 710. The Morgan fingerprint density at radius 3 is 2.65 bits per heavy atom. The second-order valence-corrected chi connectivity index (χ2v) is 6.76. The molecular formula is C13H15BrN2O3S. The highest BCUT2D eigenvalue weighted by molar-refractivity contribution is 9.10. The SMILES string of the molecule is Cc1ccccc1CNS(=O)(=O)c1cc(CN)oc1Br. The summed E-state index contributed by atoms with van der Waals surface area (Å²) in [6, 6.07) is 9.02. The zero-order chi connectivity index (χ0) is 14.8. The third-order valence-corrected chi connectivity index (χ3v) is 5.17. The number of hydrogen-bond acceptors (Lipinski definition) is 4. The molecule has 0 aliphatic heterocycles. The minimum absolute atomic E-state index is 0.0616. The van der Waals surface area contributed by atoms with Crippen LogP contribution >= 0.6 is 15.9 Å². The molecule has 7 heteroatoms. The molecule has 0 aliphatic carbocycles. The van der Waals surface area contributed by atoms with E-state index in [0.717, 1.165) is 11.1 Å². The summed E-state index contributed by atoms with van der Waals surface area (Å²) in [5, 5.41) is 0. The van der Waals surface area contributed by atoms with Gasteiger partial charge in [0.2, 0.25) is 10.0 Å². The summed E-state index contributed by atoms with van der Waals surface area (Å²) >= 11 is 3.09. The Kier molecular flexibility index (Phi) is 4.64. The minimum Gasteiger partial charge on any atom is -0.452 e. The van der Waals surface area contributed by atoms with Crippen molar-refractivity contribution in [3.63, 3.8) is 0 Å². The van der Waals surface area contributed by atoms with Crippen LogP contribution in [0.1, 0.15) is 16.9 Å². The molecule has 108 valence electrons. The maximum absolute atomic E-state index is 12.2. The number of halogens is 1. The van der Waals surface area contributed by atoms with Crippen molar-refractivity contribution in [2.24, 2.45) is 5.73 Å². The molecule has 0 amide bonds. The number of benzene rings is 1. The number of rotatable bonds is 5. The van der Waals surface area contributed by atoms with E-state index in [9.17, 15) is 8.42 Å². The van der Waals surface area contributed by atoms with E-state index in [4.69, 9.17) is 10.2 Å². The van der Waals surface area contributed by atoms with E-state index < -0.39 is 10.0 Å². The van der Waals surface area contributed by atoms with Gasteiger partial charge in [0, 0.05) is 12.6 Å². The molecule has 2 rings (SSSR count). The van der Waals surface area contributed by atoms with Crippen LogP contribution in [0.4, 0.5) is 0 Å². The molecule has 0 radical (unpaired) electrons. The van der Waals surface area contributed by atoms with Gasteiger partial charge in [-0.15, -0.1) is 0 Å². The van der Waals surface area contributed by atoms with Crippen molar-refractivity contribution in [1.82, 2.24) is 4.72 Å². The van der Waals surface area contributed by atoms with Gasteiger partial charge in [0.25, 0.3) is 0 Å². The first-order chi connectivity index (χ1) is 9.44. The first kappa shape index (κ1) is 15.2. The number of sulfonamides is 1. The van der Waals surface area contributed by atoms with Gasteiger partial charge < -0.3 is 10.2 Å². The van der Waals surface area contributed by atoms with Crippen LogP contribution in [0.25, 0.3) is 0 Å². The largest absolute Gasteiger partial charge is 0.452 e. The molecule has 1 aromatic heterocycles. The van der Waals surface area contributed by atoms with Crippen molar-refractivity contribution in [3.05, 3.63) is 51.9 Å². The lowest BCUT2D eigenvalue weighted by atomic mass is 10.1. The number of nitrogens with two attached hydrogens (primary N) is 1. The van der Waals surface area contributed by atoms with Gasteiger partial charge in [0.05, 0.1) is 6.54 Å². The molecule has 0 saturated carbocycles. The number of furan rings is 1. The molecule has 0 atom stereocenters. The van der Waals surface area contributed by atoms with Crippen LogP contribution in [0.2, 0.25) is 0 Å². The van der Waals surface area contributed by atoms with Crippen LogP contribution in [0.5, 0.6) is 0 Å². The lowest BCUT2D eigenvalue weighted by Crippen LogP contribution is -2.23. The average Bonchev–Trinajstić information content (AvgIpc) is 2.80. The highest BCUT2D eigenvalue weighted by atomic mass is 79.9. The predicted octanol–water partition coefficient (Wildman–Crippen LogP) is 2.29. The van der Waals surface area contributed by atoms with Gasteiger partial charge >= 0.3 is 0 Å². The van der Waals surface area contributed by atoms with Gasteiger partial charge in [-0.2, -0.15) is 0 Å². The second-order valence-electron chi connectivity index (χ2n) is 4.31. The van der Waals surface area contributed by atoms with Gasteiger partial charge in [-0.05, 0) is 34.0 Å². The molecule has 0 bridgehead atoms. The second kappa shape index (κ2) is 6.09. The minimum atomic E-state index is -3.64. The van der Waals surface area contributed by atoms with E-state index in [0.29, 0.717) is 5.76 Å². The monoisotopic (exact) mass is 358 g/mol. The van der Waals surface area contributed by atoms with Crippen molar-refractivity contribution in [2.45, 2.75) is 24.9 Å². The highest BCUT2D eigenvalue weighted by Gasteiger charge is 2.22. The van der Waals surface area contributed by atoms with E-state index in [2.05, 4.69) is 20.7 Å². The fourth-order valence-electron chi connectivity index (χ4n) is 1.74. The van der Waals surface area contributed by atoms with E-state index >= 15 is 0 Å². The molecular weight excluding hydrogens is 344 g/mol. The fraction of sp³-hybridized carbons (Fsp3) is 0.231. The Labute approximate surface area is 126 Å². The van der Waals surface area contributed by atoms with E-state index in [-0.39, 0.29) is 22.7 Å². The molecule has 0 spiro atoms. The highest BCUT2D eigenvalue weighted by Crippen LogP contribution is 2.26. The molecule has 1 aromatic carbocycles. The standard InChI is InChI=1S/C13H15BrN2O3S/c1-9-4-2-3-5-10(9)8-16-20(17,18)12-6-11(7-15)19-13(12)14/h2-6,16H,7-8,15H2,1H3. The molecule has 5 nitrogen and oxygen atoms in total. The zero-order valence-electron chi connectivity index (χ0n) is 10.9. The molecule has 3 N–H and O–H groups in total. The molecule has 0 aliphatic rings. The van der Waals surface area contributed by atoms with Crippen molar-refractivity contribution < 1.29 is 12.8 Å². The topological polar surface area (TPSA) is 85.3 Å². The van der Waals surface area contributed by atoms with Crippen LogP contribution < -0.4 is 10.5 Å². The number of hydrogen-bond donors (Lipinski definition) is 2. The maximum atomic E-state index is 12.2. The van der Waals surface area contributed by atoms with Crippen LogP contribution in [-0.4, -0.2) is 8.42 Å². The Morgan fingerprint density at radius 2 is 2.05 bits per heavy atom. The lowest BCUT2D eigenvalue weighted by Gasteiger charge is -2.07. The molecule has 2 aromatic rings. The molecule has 0 saturated heterocycles. The number of aryl methyl sites for hydroxylation is 1. The summed E-state index contributed by atoms with van der Waals surface area (Å²) in [6.07, 6.45) is 0. The van der Waals surface area contributed by atoms with Crippen LogP contribution in [-0.2, 0) is 23.1 Å². The molecule has 0 fully saturated rings. The molecule has 0 unspecified atom stereocenters. The van der Waals surface area contributed by atoms with Crippen LogP contribution in [0, 0.1) is 6.92 Å². The van der Waals surface area contributed by atoms with Gasteiger partial charge in [0.1, 0.15) is 10.7 Å². The van der Waals surface area contributed by atoms with Crippen molar-refractivity contribution in [2.75, 3.05) is 0 Å². The maximum Gasteiger partial charge on any atom is 0.245 e. The number of nitrogens with one attached hydrogen (secondary N) is 1. The third-order valence-electron chi connectivity index (χ3n) is 2.91. The van der Waals surface area contributed by atoms with Gasteiger partial charge in [-0.3, -0.25) is 0 Å². The Morgan fingerprint density at radius 1 is 1.35 bits per heavy atom. The third kappa shape index (κ3) is 3.29.